The van der Waals surface area contributed by atoms with Gasteiger partial charge in [-0.15, -0.1) is 0 Å². The second-order valence-electron chi connectivity index (χ2n) is 10.1. The fourth-order valence-corrected chi connectivity index (χ4v) is 5.16. The first kappa shape index (κ1) is 28.2. The average Bonchev–Trinajstić information content (AvgIpc) is 2.78. The van der Waals surface area contributed by atoms with E-state index in [0.717, 1.165) is 18.8 Å². The number of ether oxygens (including phenoxy) is 1. The third kappa shape index (κ3) is 19.6. The molecule has 1 aliphatic rings. The Balaban J connectivity index is 1.65. The maximum atomic E-state index is 11.2. The number of carbonyl (C=O) groups excluding carboxylic acids is 1. The van der Waals surface area contributed by atoms with Crippen LogP contribution in [0.1, 0.15) is 161 Å². The van der Waals surface area contributed by atoms with Crippen LogP contribution in [-0.2, 0) is 9.53 Å². The van der Waals surface area contributed by atoms with E-state index in [1.54, 1.807) is 0 Å². The standard InChI is InChI=1S/C29H54O2/c1-2-31-29(30)27-23-18-16-14-12-10-8-6-4-3-5-7-9-11-13-15-17-20-24-28-25-21-19-22-26-28/h2,28H,1,3-27H2. The Morgan fingerprint density at radius 1 is 0.613 bits per heavy atom. The van der Waals surface area contributed by atoms with Gasteiger partial charge in [0, 0.05) is 6.42 Å². The van der Waals surface area contributed by atoms with Gasteiger partial charge in [0.05, 0.1) is 6.26 Å². The van der Waals surface area contributed by atoms with Crippen LogP contribution in [0.5, 0.6) is 0 Å². The predicted octanol–water partition coefficient (Wildman–Crippen LogP) is 10.1. The highest BCUT2D eigenvalue weighted by Crippen LogP contribution is 2.28. The first-order valence-electron chi connectivity index (χ1n) is 14.1. The van der Waals surface area contributed by atoms with Crippen molar-refractivity contribution in [2.24, 2.45) is 5.92 Å². The molecule has 1 fully saturated rings. The highest BCUT2D eigenvalue weighted by Gasteiger charge is 2.12. The molecule has 0 N–H and O–H groups in total. The Morgan fingerprint density at radius 2 is 1.00 bits per heavy atom. The summed E-state index contributed by atoms with van der Waals surface area (Å²) >= 11 is 0. The lowest BCUT2D eigenvalue weighted by Crippen LogP contribution is -2.05. The molecular formula is C29H54O2. The molecule has 1 saturated carbocycles. The van der Waals surface area contributed by atoms with E-state index in [2.05, 4.69) is 6.58 Å². The van der Waals surface area contributed by atoms with Crippen molar-refractivity contribution in [2.45, 2.75) is 161 Å². The van der Waals surface area contributed by atoms with Crippen molar-refractivity contribution in [1.29, 1.82) is 0 Å². The third-order valence-corrected chi connectivity index (χ3v) is 7.18. The van der Waals surface area contributed by atoms with Crippen LogP contribution in [-0.4, -0.2) is 5.97 Å². The molecule has 0 aromatic heterocycles. The van der Waals surface area contributed by atoms with Crippen molar-refractivity contribution in [3.63, 3.8) is 0 Å². The van der Waals surface area contributed by atoms with Gasteiger partial charge in [-0.25, -0.2) is 0 Å². The SMILES string of the molecule is C=COC(=O)CCCCCCCCCCCCCCCCCCCCC1CCCCC1. The Bertz CT molecular complexity index is 398. The average molecular weight is 435 g/mol. The molecule has 31 heavy (non-hydrogen) atoms. The van der Waals surface area contributed by atoms with Gasteiger partial charge < -0.3 is 4.74 Å². The van der Waals surface area contributed by atoms with Crippen LogP contribution in [0.15, 0.2) is 12.8 Å². The molecule has 0 heterocycles. The van der Waals surface area contributed by atoms with E-state index in [1.165, 1.54) is 148 Å². The van der Waals surface area contributed by atoms with E-state index >= 15 is 0 Å². The van der Waals surface area contributed by atoms with Crippen LogP contribution in [0.25, 0.3) is 0 Å². The van der Waals surface area contributed by atoms with Crippen LogP contribution in [0.3, 0.4) is 0 Å². The Hall–Kier alpha value is -0.790. The molecule has 0 aromatic carbocycles. The van der Waals surface area contributed by atoms with E-state index in [4.69, 9.17) is 4.74 Å². The van der Waals surface area contributed by atoms with Gasteiger partial charge >= 0.3 is 5.97 Å². The maximum absolute atomic E-state index is 11.2. The van der Waals surface area contributed by atoms with E-state index < -0.39 is 0 Å². The molecule has 0 amide bonds. The molecule has 0 atom stereocenters. The lowest BCUT2D eigenvalue weighted by atomic mass is 9.85. The lowest BCUT2D eigenvalue weighted by molar-refractivity contribution is -0.138. The van der Waals surface area contributed by atoms with E-state index in [-0.39, 0.29) is 5.97 Å². The number of unbranched alkanes of at least 4 members (excludes halogenated alkanes) is 17. The summed E-state index contributed by atoms with van der Waals surface area (Å²) in [6.45, 7) is 3.40. The molecule has 0 unspecified atom stereocenters. The van der Waals surface area contributed by atoms with Gasteiger partial charge in [-0.3, -0.25) is 4.79 Å². The van der Waals surface area contributed by atoms with Gasteiger partial charge in [0.2, 0.25) is 0 Å². The monoisotopic (exact) mass is 434 g/mol. The van der Waals surface area contributed by atoms with Gasteiger partial charge in [0.15, 0.2) is 0 Å². The van der Waals surface area contributed by atoms with Gasteiger partial charge in [-0.05, 0) is 12.3 Å². The zero-order valence-corrected chi connectivity index (χ0v) is 20.9. The number of rotatable bonds is 22. The van der Waals surface area contributed by atoms with Crippen molar-refractivity contribution < 1.29 is 9.53 Å². The summed E-state index contributed by atoms with van der Waals surface area (Å²) < 4.78 is 4.72. The highest BCUT2D eigenvalue weighted by molar-refractivity contribution is 5.69. The van der Waals surface area contributed by atoms with Gasteiger partial charge in [0.25, 0.3) is 0 Å². The van der Waals surface area contributed by atoms with Crippen LogP contribution < -0.4 is 0 Å². The van der Waals surface area contributed by atoms with Gasteiger partial charge in [0.1, 0.15) is 0 Å². The molecular weight excluding hydrogens is 380 g/mol. The molecule has 0 aliphatic heterocycles. The smallest absolute Gasteiger partial charge is 0.310 e. The topological polar surface area (TPSA) is 26.3 Å². The zero-order chi connectivity index (χ0) is 22.2. The van der Waals surface area contributed by atoms with Crippen molar-refractivity contribution >= 4 is 5.97 Å². The summed E-state index contributed by atoms with van der Waals surface area (Å²) in [5.74, 6) is 0.940. The minimum atomic E-state index is -0.143. The summed E-state index contributed by atoms with van der Waals surface area (Å²) in [6, 6.07) is 0. The fraction of sp³-hybridized carbons (Fsp3) is 0.897. The second-order valence-corrected chi connectivity index (χ2v) is 10.1. The normalized spacial score (nSPS) is 14.6. The van der Waals surface area contributed by atoms with Crippen molar-refractivity contribution in [3.8, 4) is 0 Å². The highest BCUT2D eigenvalue weighted by atomic mass is 16.5. The Kier molecular flexibility index (Phi) is 20.4. The van der Waals surface area contributed by atoms with Gasteiger partial charge in [-0.2, -0.15) is 0 Å². The summed E-state index contributed by atoms with van der Waals surface area (Å²) in [7, 11) is 0. The summed E-state index contributed by atoms with van der Waals surface area (Å²) in [4.78, 5) is 11.2. The van der Waals surface area contributed by atoms with E-state index in [0.29, 0.717) is 6.42 Å². The van der Waals surface area contributed by atoms with E-state index in [1.807, 2.05) is 0 Å². The summed E-state index contributed by atoms with van der Waals surface area (Å²) in [5, 5.41) is 0. The predicted molar refractivity (Wildman–Crippen MR) is 135 cm³/mol. The zero-order valence-electron chi connectivity index (χ0n) is 20.9. The molecule has 0 saturated heterocycles. The fourth-order valence-electron chi connectivity index (χ4n) is 5.16. The molecule has 0 spiro atoms. The molecule has 1 rings (SSSR count). The van der Waals surface area contributed by atoms with Crippen LogP contribution in [0, 0.1) is 5.92 Å². The Labute approximate surface area is 195 Å². The molecule has 2 nitrogen and oxygen atoms in total. The van der Waals surface area contributed by atoms with Crippen LogP contribution >= 0.6 is 0 Å². The minimum Gasteiger partial charge on any atom is -0.435 e. The number of hydrogen-bond donors (Lipinski definition) is 0. The first-order valence-corrected chi connectivity index (χ1v) is 14.1. The lowest BCUT2D eigenvalue weighted by Gasteiger charge is -2.21. The van der Waals surface area contributed by atoms with Crippen LogP contribution in [0.2, 0.25) is 0 Å². The van der Waals surface area contributed by atoms with Crippen molar-refractivity contribution in [1.82, 2.24) is 0 Å². The molecule has 0 bridgehead atoms. The first-order chi connectivity index (χ1) is 15.3. The quantitative estimate of drug-likeness (QED) is 0.0962. The molecule has 182 valence electrons. The summed E-state index contributed by atoms with van der Waals surface area (Å²) in [5.41, 5.74) is 0. The van der Waals surface area contributed by atoms with Crippen LogP contribution in [0.4, 0.5) is 0 Å². The maximum Gasteiger partial charge on any atom is 0.310 e. The Morgan fingerprint density at radius 3 is 1.42 bits per heavy atom. The molecule has 1 aliphatic carbocycles. The molecule has 2 heteroatoms. The van der Waals surface area contributed by atoms with Crippen molar-refractivity contribution in [3.05, 3.63) is 12.8 Å². The number of esters is 1. The van der Waals surface area contributed by atoms with Gasteiger partial charge in [-0.1, -0.05) is 154 Å². The largest absolute Gasteiger partial charge is 0.435 e. The van der Waals surface area contributed by atoms with Crippen molar-refractivity contribution in [2.75, 3.05) is 0 Å². The number of hydrogen-bond acceptors (Lipinski definition) is 2. The third-order valence-electron chi connectivity index (χ3n) is 7.18. The molecule has 0 aromatic rings. The van der Waals surface area contributed by atoms with E-state index in [9.17, 15) is 4.79 Å². The minimum absolute atomic E-state index is 0.143. The number of carbonyl (C=O) groups is 1. The summed E-state index contributed by atoms with van der Waals surface area (Å²) in [6.07, 6.45) is 35.8. The second kappa shape index (κ2) is 22.4. The molecule has 0 radical (unpaired) electrons.